The summed E-state index contributed by atoms with van der Waals surface area (Å²) in [5, 5.41) is 3.55. The second-order valence-electron chi connectivity index (χ2n) is 5.26. The lowest BCUT2D eigenvalue weighted by Gasteiger charge is -2.30. The van der Waals surface area contributed by atoms with Crippen LogP contribution in [0.4, 0.5) is 0 Å². The number of hydrogen-bond acceptors (Lipinski definition) is 2. The van der Waals surface area contributed by atoms with E-state index in [4.69, 9.17) is 0 Å². The second kappa shape index (κ2) is 5.31. The minimum Gasteiger partial charge on any atom is -0.315 e. The van der Waals surface area contributed by atoms with Crippen molar-refractivity contribution in [2.45, 2.75) is 57.5 Å². The van der Waals surface area contributed by atoms with Crippen LogP contribution >= 0.6 is 0 Å². The molecule has 1 N–H and O–H groups in total. The van der Waals surface area contributed by atoms with E-state index in [2.05, 4.69) is 24.2 Å². The Kier molecular flexibility index (Phi) is 4.04. The van der Waals surface area contributed by atoms with Gasteiger partial charge in [0, 0.05) is 18.6 Å². The maximum atomic E-state index is 3.55. The molecule has 2 aliphatic carbocycles. The highest BCUT2D eigenvalue weighted by Crippen LogP contribution is 2.31. The van der Waals surface area contributed by atoms with E-state index in [0.29, 0.717) is 0 Å². The third kappa shape index (κ3) is 2.94. The van der Waals surface area contributed by atoms with Crippen molar-refractivity contribution in [1.82, 2.24) is 10.2 Å². The molecule has 2 nitrogen and oxygen atoms in total. The molecular weight excluding hydrogens is 184 g/mol. The standard InChI is InChI=1S/C13H26N2/c1-3-15(12-8-9-12)10-13(14-2)11-6-4-5-7-11/h11-14H,3-10H2,1-2H3. The average Bonchev–Trinajstić information content (AvgIpc) is 2.95. The van der Waals surface area contributed by atoms with Gasteiger partial charge in [0.05, 0.1) is 0 Å². The van der Waals surface area contributed by atoms with Gasteiger partial charge in [-0.05, 0) is 45.2 Å². The van der Waals surface area contributed by atoms with E-state index in [1.165, 1.54) is 51.6 Å². The molecule has 0 amide bonds. The maximum absolute atomic E-state index is 3.55. The molecule has 15 heavy (non-hydrogen) atoms. The lowest BCUT2D eigenvalue weighted by Crippen LogP contribution is -2.44. The summed E-state index contributed by atoms with van der Waals surface area (Å²) in [5.41, 5.74) is 0. The van der Waals surface area contributed by atoms with Gasteiger partial charge in [-0.25, -0.2) is 0 Å². The van der Waals surface area contributed by atoms with Gasteiger partial charge >= 0.3 is 0 Å². The molecule has 0 aromatic heterocycles. The smallest absolute Gasteiger partial charge is 0.0220 e. The van der Waals surface area contributed by atoms with Crippen LogP contribution in [0.25, 0.3) is 0 Å². The predicted octanol–water partition coefficient (Wildman–Crippen LogP) is 2.25. The van der Waals surface area contributed by atoms with Crippen molar-refractivity contribution in [2.75, 3.05) is 20.1 Å². The first-order valence-electron chi connectivity index (χ1n) is 6.76. The summed E-state index contributed by atoms with van der Waals surface area (Å²) in [5.74, 6) is 0.947. The Labute approximate surface area is 94.4 Å². The third-order valence-electron chi connectivity index (χ3n) is 4.24. The molecule has 1 atom stereocenters. The first-order valence-corrected chi connectivity index (χ1v) is 6.76. The van der Waals surface area contributed by atoms with Gasteiger partial charge in [-0.2, -0.15) is 0 Å². The van der Waals surface area contributed by atoms with Gasteiger partial charge in [-0.3, -0.25) is 4.90 Å². The molecule has 0 saturated heterocycles. The van der Waals surface area contributed by atoms with E-state index >= 15 is 0 Å². The molecule has 0 heterocycles. The van der Waals surface area contributed by atoms with Gasteiger partial charge < -0.3 is 5.32 Å². The maximum Gasteiger partial charge on any atom is 0.0220 e. The van der Waals surface area contributed by atoms with Gasteiger partial charge in [0.15, 0.2) is 0 Å². The van der Waals surface area contributed by atoms with Crippen molar-refractivity contribution in [3.8, 4) is 0 Å². The third-order valence-corrected chi connectivity index (χ3v) is 4.24. The summed E-state index contributed by atoms with van der Waals surface area (Å²) in [6.07, 6.45) is 8.70. The fraction of sp³-hybridized carbons (Fsp3) is 1.00. The van der Waals surface area contributed by atoms with Gasteiger partial charge in [-0.15, -0.1) is 0 Å². The molecule has 2 fully saturated rings. The molecule has 0 aromatic rings. The summed E-state index contributed by atoms with van der Waals surface area (Å²) in [6, 6.07) is 1.67. The van der Waals surface area contributed by atoms with E-state index in [0.717, 1.165) is 18.0 Å². The SMILES string of the molecule is CCN(CC(NC)C1CCCC1)C1CC1. The Morgan fingerprint density at radius 3 is 2.33 bits per heavy atom. The van der Waals surface area contributed by atoms with E-state index in [-0.39, 0.29) is 0 Å². The molecule has 0 bridgehead atoms. The molecule has 0 aromatic carbocycles. The summed E-state index contributed by atoms with van der Waals surface area (Å²) in [7, 11) is 2.14. The Morgan fingerprint density at radius 2 is 1.87 bits per heavy atom. The molecule has 1 unspecified atom stereocenters. The predicted molar refractivity (Wildman–Crippen MR) is 65.1 cm³/mol. The number of rotatable bonds is 6. The average molecular weight is 210 g/mol. The van der Waals surface area contributed by atoms with E-state index in [9.17, 15) is 0 Å². The van der Waals surface area contributed by atoms with Crippen LogP contribution in [0, 0.1) is 5.92 Å². The van der Waals surface area contributed by atoms with Crippen LogP contribution in [0.3, 0.4) is 0 Å². The zero-order valence-corrected chi connectivity index (χ0v) is 10.3. The minimum atomic E-state index is 0.744. The van der Waals surface area contributed by atoms with E-state index in [1.807, 2.05) is 0 Å². The summed E-state index contributed by atoms with van der Waals surface area (Å²) in [4.78, 5) is 2.68. The first kappa shape index (κ1) is 11.4. The van der Waals surface area contributed by atoms with Crippen molar-refractivity contribution in [2.24, 2.45) is 5.92 Å². The van der Waals surface area contributed by atoms with Crippen molar-refractivity contribution in [3.63, 3.8) is 0 Å². The van der Waals surface area contributed by atoms with Crippen molar-refractivity contribution in [3.05, 3.63) is 0 Å². The topological polar surface area (TPSA) is 15.3 Å². The molecule has 0 radical (unpaired) electrons. The van der Waals surface area contributed by atoms with Crippen LogP contribution < -0.4 is 5.32 Å². The number of nitrogens with zero attached hydrogens (tertiary/aromatic N) is 1. The molecule has 88 valence electrons. The van der Waals surface area contributed by atoms with Crippen LogP contribution in [0.5, 0.6) is 0 Å². The number of hydrogen-bond donors (Lipinski definition) is 1. The van der Waals surface area contributed by atoms with Gasteiger partial charge in [0.25, 0.3) is 0 Å². The van der Waals surface area contributed by atoms with E-state index < -0.39 is 0 Å². The van der Waals surface area contributed by atoms with Crippen LogP contribution in [0.2, 0.25) is 0 Å². The first-order chi connectivity index (χ1) is 7.35. The molecule has 2 saturated carbocycles. The summed E-state index contributed by atoms with van der Waals surface area (Å²) < 4.78 is 0. The summed E-state index contributed by atoms with van der Waals surface area (Å²) in [6.45, 7) is 4.82. The fourth-order valence-electron chi connectivity index (χ4n) is 3.06. The van der Waals surface area contributed by atoms with Gasteiger partial charge in [0.1, 0.15) is 0 Å². The Balaban J connectivity index is 1.82. The highest BCUT2D eigenvalue weighted by molar-refractivity contribution is 4.89. The zero-order chi connectivity index (χ0) is 10.7. The lowest BCUT2D eigenvalue weighted by atomic mass is 9.97. The minimum absolute atomic E-state index is 0.744. The summed E-state index contributed by atoms with van der Waals surface area (Å²) >= 11 is 0. The molecule has 2 aliphatic rings. The highest BCUT2D eigenvalue weighted by Gasteiger charge is 2.31. The van der Waals surface area contributed by atoms with E-state index in [1.54, 1.807) is 0 Å². The van der Waals surface area contributed by atoms with Gasteiger partial charge in [-0.1, -0.05) is 19.8 Å². The number of nitrogens with one attached hydrogen (secondary N) is 1. The molecule has 2 rings (SSSR count). The molecular formula is C13H26N2. The van der Waals surface area contributed by atoms with Crippen LogP contribution in [-0.2, 0) is 0 Å². The van der Waals surface area contributed by atoms with Gasteiger partial charge in [0.2, 0.25) is 0 Å². The normalized spacial score (nSPS) is 25.0. The van der Waals surface area contributed by atoms with Crippen LogP contribution in [-0.4, -0.2) is 37.1 Å². The second-order valence-corrected chi connectivity index (χ2v) is 5.26. The van der Waals surface area contributed by atoms with Crippen molar-refractivity contribution in [1.29, 1.82) is 0 Å². The van der Waals surface area contributed by atoms with Crippen molar-refractivity contribution < 1.29 is 0 Å². The Morgan fingerprint density at radius 1 is 1.20 bits per heavy atom. The van der Waals surface area contributed by atoms with Crippen LogP contribution in [0.1, 0.15) is 45.4 Å². The molecule has 0 aliphatic heterocycles. The quantitative estimate of drug-likeness (QED) is 0.723. The molecule has 2 heteroatoms. The molecule has 0 spiro atoms. The zero-order valence-electron chi connectivity index (χ0n) is 10.3. The fourth-order valence-corrected chi connectivity index (χ4v) is 3.06. The highest BCUT2D eigenvalue weighted by atomic mass is 15.2. The lowest BCUT2D eigenvalue weighted by molar-refractivity contribution is 0.214. The number of likely N-dealkylation sites (N-methyl/N-ethyl adjacent to an activating group) is 2. The Hall–Kier alpha value is -0.0800. The van der Waals surface area contributed by atoms with Crippen molar-refractivity contribution >= 4 is 0 Å². The largest absolute Gasteiger partial charge is 0.315 e. The Bertz CT molecular complexity index is 183. The monoisotopic (exact) mass is 210 g/mol. The van der Waals surface area contributed by atoms with Crippen LogP contribution in [0.15, 0.2) is 0 Å².